The minimum atomic E-state index is -0.597. The van der Waals surface area contributed by atoms with E-state index in [-0.39, 0.29) is 17.7 Å². The molecular weight excluding hydrogens is 264 g/mol. The minimum absolute atomic E-state index is 0.0464. The van der Waals surface area contributed by atoms with Gasteiger partial charge >= 0.3 is 0 Å². The van der Waals surface area contributed by atoms with Crippen molar-refractivity contribution in [2.75, 3.05) is 6.54 Å². The molecular formula is C17H30N2O2. The molecule has 2 saturated carbocycles. The van der Waals surface area contributed by atoms with Gasteiger partial charge in [-0.3, -0.25) is 9.59 Å². The molecule has 0 aromatic rings. The Balaban J connectivity index is 2.21. The van der Waals surface area contributed by atoms with Gasteiger partial charge in [-0.2, -0.15) is 0 Å². The molecule has 2 amide bonds. The van der Waals surface area contributed by atoms with Gasteiger partial charge in [-0.05, 0) is 32.1 Å². The lowest BCUT2D eigenvalue weighted by molar-refractivity contribution is -0.143. The van der Waals surface area contributed by atoms with Gasteiger partial charge < -0.3 is 11.1 Å². The van der Waals surface area contributed by atoms with Crippen LogP contribution in [0.25, 0.3) is 0 Å². The SMILES string of the molecule is CCNC(=O)C(CC1CCCC1)C1(C(N)=O)CCCCC1. The highest BCUT2D eigenvalue weighted by molar-refractivity contribution is 5.90. The lowest BCUT2D eigenvalue weighted by Gasteiger charge is -2.41. The number of hydrogen-bond donors (Lipinski definition) is 2. The molecule has 2 rings (SSSR count). The standard InChI is InChI=1S/C17H30N2O2/c1-2-19-15(20)14(12-13-8-4-5-9-13)17(16(18)21)10-6-3-7-11-17/h13-14H,2-12H2,1H3,(H2,18,21)(H,19,20). The van der Waals surface area contributed by atoms with Gasteiger partial charge in [0.15, 0.2) is 0 Å². The molecule has 0 saturated heterocycles. The van der Waals surface area contributed by atoms with E-state index in [4.69, 9.17) is 5.73 Å². The van der Waals surface area contributed by atoms with Crippen LogP contribution >= 0.6 is 0 Å². The van der Waals surface area contributed by atoms with E-state index in [9.17, 15) is 9.59 Å². The summed E-state index contributed by atoms with van der Waals surface area (Å²) in [5.74, 6) is 0.163. The molecule has 0 radical (unpaired) electrons. The molecule has 4 heteroatoms. The Kier molecular flexibility index (Phi) is 5.65. The topological polar surface area (TPSA) is 72.2 Å². The largest absolute Gasteiger partial charge is 0.369 e. The summed E-state index contributed by atoms with van der Waals surface area (Å²) in [5.41, 5.74) is 5.20. The predicted octanol–water partition coefficient (Wildman–Crippen LogP) is 2.75. The van der Waals surface area contributed by atoms with Crippen molar-refractivity contribution in [1.82, 2.24) is 5.32 Å². The monoisotopic (exact) mass is 294 g/mol. The number of amides is 2. The second-order valence-electron chi connectivity index (χ2n) is 6.91. The van der Waals surface area contributed by atoms with Crippen LogP contribution in [0, 0.1) is 17.3 Å². The first-order valence-corrected chi connectivity index (χ1v) is 8.68. The van der Waals surface area contributed by atoms with Gasteiger partial charge in [0.25, 0.3) is 0 Å². The maximum absolute atomic E-state index is 12.6. The van der Waals surface area contributed by atoms with Crippen LogP contribution in [-0.4, -0.2) is 18.4 Å². The quantitative estimate of drug-likeness (QED) is 0.790. The lowest BCUT2D eigenvalue weighted by atomic mass is 9.62. The van der Waals surface area contributed by atoms with Crippen molar-refractivity contribution < 1.29 is 9.59 Å². The average Bonchev–Trinajstić information content (AvgIpc) is 2.98. The minimum Gasteiger partial charge on any atom is -0.369 e. The van der Waals surface area contributed by atoms with E-state index in [1.165, 1.54) is 25.7 Å². The highest BCUT2D eigenvalue weighted by atomic mass is 16.2. The summed E-state index contributed by atoms with van der Waals surface area (Å²) in [5, 5.41) is 2.95. The number of carbonyl (C=O) groups excluding carboxylic acids is 2. The van der Waals surface area contributed by atoms with Crippen LogP contribution in [0.15, 0.2) is 0 Å². The molecule has 0 aliphatic heterocycles. The number of carbonyl (C=O) groups is 2. The van der Waals surface area contributed by atoms with Crippen molar-refractivity contribution in [2.45, 2.75) is 71.1 Å². The van der Waals surface area contributed by atoms with Crippen LogP contribution in [0.1, 0.15) is 71.1 Å². The predicted molar refractivity (Wildman–Crippen MR) is 83.5 cm³/mol. The Morgan fingerprint density at radius 1 is 1.14 bits per heavy atom. The third-order valence-electron chi connectivity index (χ3n) is 5.61. The van der Waals surface area contributed by atoms with Gasteiger partial charge in [0.05, 0.1) is 11.3 Å². The third-order valence-corrected chi connectivity index (χ3v) is 5.61. The second-order valence-corrected chi connectivity index (χ2v) is 6.91. The Morgan fingerprint density at radius 3 is 2.29 bits per heavy atom. The smallest absolute Gasteiger partial charge is 0.224 e. The first kappa shape index (κ1) is 16.3. The lowest BCUT2D eigenvalue weighted by Crippen LogP contribution is -2.51. The Hall–Kier alpha value is -1.06. The van der Waals surface area contributed by atoms with Gasteiger partial charge in [-0.1, -0.05) is 44.9 Å². The van der Waals surface area contributed by atoms with E-state index < -0.39 is 5.41 Å². The van der Waals surface area contributed by atoms with Crippen LogP contribution < -0.4 is 11.1 Å². The highest BCUT2D eigenvalue weighted by Gasteiger charge is 2.48. The number of nitrogens with two attached hydrogens (primary N) is 1. The van der Waals surface area contributed by atoms with Crippen LogP contribution in [-0.2, 0) is 9.59 Å². The first-order valence-electron chi connectivity index (χ1n) is 8.68. The number of rotatable bonds is 6. The molecule has 0 aromatic carbocycles. The van der Waals surface area contributed by atoms with Gasteiger partial charge in [-0.15, -0.1) is 0 Å². The molecule has 0 spiro atoms. The van der Waals surface area contributed by atoms with E-state index in [0.717, 1.165) is 38.5 Å². The summed E-state index contributed by atoms with van der Waals surface area (Å²) in [6, 6.07) is 0. The van der Waals surface area contributed by atoms with Gasteiger partial charge in [0, 0.05) is 6.54 Å². The molecule has 2 fully saturated rings. The summed E-state index contributed by atoms with van der Waals surface area (Å²) in [7, 11) is 0. The summed E-state index contributed by atoms with van der Waals surface area (Å²) < 4.78 is 0. The first-order chi connectivity index (χ1) is 10.1. The van der Waals surface area contributed by atoms with Crippen molar-refractivity contribution in [1.29, 1.82) is 0 Å². The van der Waals surface area contributed by atoms with Crippen molar-refractivity contribution in [2.24, 2.45) is 23.0 Å². The molecule has 1 unspecified atom stereocenters. The number of nitrogens with one attached hydrogen (secondary N) is 1. The molecule has 0 heterocycles. The van der Waals surface area contributed by atoms with E-state index in [2.05, 4.69) is 5.32 Å². The van der Waals surface area contributed by atoms with Crippen molar-refractivity contribution in [3.63, 3.8) is 0 Å². The molecule has 3 N–H and O–H groups in total. The Labute approximate surface area is 128 Å². The van der Waals surface area contributed by atoms with E-state index >= 15 is 0 Å². The molecule has 0 aromatic heterocycles. The van der Waals surface area contributed by atoms with Gasteiger partial charge in [0.1, 0.15) is 0 Å². The van der Waals surface area contributed by atoms with Gasteiger partial charge in [0.2, 0.25) is 11.8 Å². The second kappa shape index (κ2) is 7.28. The highest BCUT2D eigenvalue weighted by Crippen LogP contribution is 2.46. The van der Waals surface area contributed by atoms with E-state index in [0.29, 0.717) is 12.5 Å². The van der Waals surface area contributed by atoms with Crippen LogP contribution in [0.5, 0.6) is 0 Å². The fourth-order valence-electron chi connectivity index (χ4n) is 4.41. The molecule has 2 aliphatic rings. The third kappa shape index (κ3) is 3.58. The van der Waals surface area contributed by atoms with Crippen molar-refractivity contribution in [3.8, 4) is 0 Å². The number of hydrogen-bond acceptors (Lipinski definition) is 2. The summed E-state index contributed by atoms with van der Waals surface area (Å²) >= 11 is 0. The summed E-state index contributed by atoms with van der Waals surface area (Å²) in [6.45, 7) is 2.55. The Bertz CT molecular complexity index is 369. The van der Waals surface area contributed by atoms with Crippen LogP contribution in [0.2, 0.25) is 0 Å². The van der Waals surface area contributed by atoms with Crippen LogP contribution in [0.4, 0.5) is 0 Å². The zero-order valence-electron chi connectivity index (χ0n) is 13.3. The zero-order chi connectivity index (χ0) is 15.3. The zero-order valence-corrected chi connectivity index (χ0v) is 13.3. The molecule has 0 bridgehead atoms. The van der Waals surface area contributed by atoms with Crippen molar-refractivity contribution in [3.05, 3.63) is 0 Å². The fraction of sp³-hybridized carbons (Fsp3) is 0.882. The summed E-state index contributed by atoms with van der Waals surface area (Å²) in [6.07, 6.45) is 10.5. The summed E-state index contributed by atoms with van der Waals surface area (Å²) in [4.78, 5) is 24.9. The van der Waals surface area contributed by atoms with E-state index in [1.54, 1.807) is 0 Å². The van der Waals surface area contributed by atoms with Crippen molar-refractivity contribution >= 4 is 11.8 Å². The average molecular weight is 294 g/mol. The molecule has 120 valence electrons. The van der Waals surface area contributed by atoms with Crippen LogP contribution in [0.3, 0.4) is 0 Å². The normalized spacial score (nSPS) is 23.7. The van der Waals surface area contributed by atoms with Gasteiger partial charge in [-0.25, -0.2) is 0 Å². The molecule has 1 atom stereocenters. The number of primary amides is 1. The van der Waals surface area contributed by atoms with E-state index in [1.807, 2.05) is 6.92 Å². The molecule has 2 aliphatic carbocycles. The fourth-order valence-corrected chi connectivity index (χ4v) is 4.41. The Morgan fingerprint density at radius 2 is 1.76 bits per heavy atom. The maximum atomic E-state index is 12.6. The molecule has 21 heavy (non-hydrogen) atoms. The maximum Gasteiger partial charge on any atom is 0.224 e. The molecule has 4 nitrogen and oxygen atoms in total.